The van der Waals surface area contributed by atoms with Crippen molar-refractivity contribution in [1.29, 1.82) is 0 Å². The van der Waals surface area contributed by atoms with Crippen molar-refractivity contribution in [2.45, 2.75) is 13.3 Å². The zero-order chi connectivity index (χ0) is 10.9. The lowest BCUT2D eigenvalue weighted by Gasteiger charge is -2.07. The van der Waals surface area contributed by atoms with Crippen LogP contribution in [0.15, 0.2) is 36.9 Å². The second kappa shape index (κ2) is 7.07. The maximum Gasteiger partial charge on any atom is 0.119 e. The van der Waals surface area contributed by atoms with Gasteiger partial charge in [-0.2, -0.15) is 0 Å². The first-order valence-electron chi connectivity index (χ1n) is 5.34. The van der Waals surface area contributed by atoms with E-state index in [2.05, 4.69) is 24.9 Å². The Morgan fingerprint density at radius 2 is 2.27 bits per heavy atom. The minimum absolute atomic E-state index is 0.709. The first kappa shape index (κ1) is 11.8. The average molecular weight is 205 g/mol. The van der Waals surface area contributed by atoms with Crippen LogP contribution in [0.2, 0.25) is 0 Å². The summed E-state index contributed by atoms with van der Waals surface area (Å²) in [5, 5.41) is 3.27. The molecule has 0 unspecified atom stereocenters. The van der Waals surface area contributed by atoms with Crippen molar-refractivity contribution in [3.8, 4) is 5.75 Å². The Bertz CT molecular complexity index is 296. The molecule has 0 fully saturated rings. The summed E-state index contributed by atoms with van der Waals surface area (Å²) in [6.07, 6.45) is 2.92. The highest BCUT2D eigenvalue weighted by molar-refractivity contribution is 5.27. The third kappa shape index (κ3) is 5.23. The van der Waals surface area contributed by atoms with Gasteiger partial charge < -0.3 is 10.1 Å². The summed E-state index contributed by atoms with van der Waals surface area (Å²) in [6.45, 7) is 8.29. The third-order valence-corrected chi connectivity index (χ3v) is 2.06. The summed E-state index contributed by atoms with van der Waals surface area (Å²) in [5.74, 6) is 0.945. The van der Waals surface area contributed by atoms with Crippen LogP contribution in [0.1, 0.15) is 12.0 Å². The van der Waals surface area contributed by atoms with Crippen LogP contribution < -0.4 is 10.1 Å². The summed E-state index contributed by atoms with van der Waals surface area (Å²) in [7, 11) is 0. The third-order valence-electron chi connectivity index (χ3n) is 2.06. The maximum absolute atomic E-state index is 5.58. The highest BCUT2D eigenvalue weighted by Gasteiger charge is 1.92. The number of ether oxygens (including phenoxy) is 1. The lowest BCUT2D eigenvalue weighted by atomic mass is 10.2. The monoisotopic (exact) mass is 205 g/mol. The molecule has 0 saturated carbocycles. The van der Waals surface area contributed by atoms with E-state index in [-0.39, 0.29) is 0 Å². The number of nitrogens with one attached hydrogen (secondary N) is 1. The number of rotatable bonds is 7. The van der Waals surface area contributed by atoms with Crippen molar-refractivity contribution in [3.05, 3.63) is 42.5 Å². The standard InChI is InChI=1S/C13H19NO/c1-3-4-8-14-9-10-15-13-7-5-6-12(2)11-13/h3,5-7,11,14H,1,4,8-10H2,2H3. The number of hydrogen-bond acceptors (Lipinski definition) is 2. The normalized spacial score (nSPS) is 9.93. The fourth-order valence-corrected chi connectivity index (χ4v) is 1.28. The molecule has 0 aliphatic rings. The molecule has 0 aromatic heterocycles. The van der Waals surface area contributed by atoms with Crippen LogP contribution in [-0.4, -0.2) is 19.7 Å². The fourth-order valence-electron chi connectivity index (χ4n) is 1.28. The number of aryl methyl sites for hydroxylation is 1. The predicted octanol–water partition coefficient (Wildman–Crippen LogP) is 2.54. The van der Waals surface area contributed by atoms with Crippen molar-refractivity contribution in [1.82, 2.24) is 5.32 Å². The number of hydrogen-bond donors (Lipinski definition) is 1. The molecular weight excluding hydrogens is 186 g/mol. The van der Waals surface area contributed by atoms with Crippen molar-refractivity contribution in [3.63, 3.8) is 0 Å². The summed E-state index contributed by atoms with van der Waals surface area (Å²) in [4.78, 5) is 0. The molecule has 0 atom stereocenters. The Kier molecular flexibility index (Phi) is 5.56. The average Bonchev–Trinajstić information content (AvgIpc) is 2.23. The smallest absolute Gasteiger partial charge is 0.119 e. The molecule has 2 nitrogen and oxygen atoms in total. The molecule has 1 aromatic carbocycles. The molecule has 0 aliphatic carbocycles. The van der Waals surface area contributed by atoms with E-state index in [0.29, 0.717) is 6.61 Å². The molecule has 0 aliphatic heterocycles. The quantitative estimate of drug-likeness (QED) is 0.545. The van der Waals surface area contributed by atoms with Gasteiger partial charge in [0.05, 0.1) is 0 Å². The van der Waals surface area contributed by atoms with Gasteiger partial charge in [-0.25, -0.2) is 0 Å². The summed E-state index contributed by atoms with van der Waals surface area (Å²) < 4.78 is 5.58. The Morgan fingerprint density at radius 1 is 1.40 bits per heavy atom. The molecule has 15 heavy (non-hydrogen) atoms. The van der Waals surface area contributed by atoms with Gasteiger partial charge in [-0.1, -0.05) is 18.2 Å². The molecule has 2 heteroatoms. The van der Waals surface area contributed by atoms with Crippen molar-refractivity contribution >= 4 is 0 Å². The van der Waals surface area contributed by atoms with Crippen LogP contribution >= 0.6 is 0 Å². The zero-order valence-corrected chi connectivity index (χ0v) is 9.33. The highest BCUT2D eigenvalue weighted by Crippen LogP contribution is 2.11. The van der Waals surface area contributed by atoms with Crippen LogP contribution in [0.4, 0.5) is 0 Å². The van der Waals surface area contributed by atoms with E-state index in [9.17, 15) is 0 Å². The Morgan fingerprint density at radius 3 is 3.00 bits per heavy atom. The van der Waals surface area contributed by atoms with Crippen LogP contribution in [-0.2, 0) is 0 Å². The maximum atomic E-state index is 5.58. The van der Waals surface area contributed by atoms with Crippen LogP contribution in [0.5, 0.6) is 5.75 Å². The second-order valence-corrected chi connectivity index (χ2v) is 3.49. The van der Waals surface area contributed by atoms with E-state index < -0.39 is 0 Å². The lowest BCUT2D eigenvalue weighted by molar-refractivity contribution is 0.314. The summed E-state index contributed by atoms with van der Waals surface area (Å²) in [6, 6.07) is 8.10. The van der Waals surface area contributed by atoms with Gasteiger partial charge in [-0.3, -0.25) is 0 Å². The summed E-state index contributed by atoms with van der Waals surface area (Å²) in [5.41, 5.74) is 1.23. The zero-order valence-electron chi connectivity index (χ0n) is 9.33. The first-order chi connectivity index (χ1) is 7.33. The topological polar surface area (TPSA) is 21.3 Å². The molecule has 1 aromatic rings. The fraction of sp³-hybridized carbons (Fsp3) is 0.385. The molecule has 0 bridgehead atoms. The van der Waals surface area contributed by atoms with Gasteiger partial charge >= 0.3 is 0 Å². The SMILES string of the molecule is C=CCCNCCOc1cccc(C)c1. The molecular formula is C13H19NO. The van der Waals surface area contributed by atoms with Gasteiger partial charge in [0.1, 0.15) is 12.4 Å². The van der Waals surface area contributed by atoms with Crippen LogP contribution in [0.25, 0.3) is 0 Å². The molecule has 0 spiro atoms. The van der Waals surface area contributed by atoms with Gasteiger partial charge in [0, 0.05) is 6.54 Å². The largest absolute Gasteiger partial charge is 0.492 e. The molecule has 82 valence electrons. The summed E-state index contributed by atoms with van der Waals surface area (Å²) >= 11 is 0. The Labute approximate surface area is 92.0 Å². The van der Waals surface area contributed by atoms with Gasteiger partial charge in [0.2, 0.25) is 0 Å². The predicted molar refractivity (Wildman–Crippen MR) is 64.4 cm³/mol. The minimum atomic E-state index is 0.709. The van der Waals surface area contributed by atoms with Crippen molar-refractivity contribution in [2.75, 3.05) is 19.7 Å². The Balaban J connectivity index is 2.12. The lowest BCUT2D eigenvalue weighted by Crippen LogP contribution is -2.21. The van der Waals surface area contributed by atoms with E-state index >= 15 is 0 Å². The van der Waals surface area contributed by atoms with Gasteiger partial charge in [-0.15, -0.1) is 6.58 Å². The molecule has 0 heterocycles. The van der Waals surface area contributed by atoms with Gasteiger partial charge in [0.15, 0.2) is 0 Å². The van der Waals surface area contributed by atoms with Crippen molar-refractivity contribution in [2.24, 2.45) is 0 Å². The Hall–Kier alpha value is -1.28. The molecule has 0 amide bonds. The van der Waals surface area contributed by atoms with Gasteiger partial charge in [-0.05, 0) is 37.6 Å². The van der Waals surface area contributed by atoms with E-state index in [1.54, 1.807) is 0 Å². The molecule has 0 saturated heterocycles. The van der Waals surface area contributed by atoms with Crippen molar-refractivity contribution < 1.29 is 4.74 Å². The van der Waals surface area contributed by atoms with E-state index in [1.165, 1.54) is 5.56 Å². The van der Waals surface area contributed by atoms with E-state index in [0.717, 1.165) is 25.3 Å². The number of benzene rings is 1. The van der Waals surface area contributed by atoms with Gasteiger partial charge in [0.25, 0.3) is 0 Å². The molecule has 1 N–H and O–H groups in total. The second-order valence-electron chi connectivity index (χ2n) is 3.49. The minimum Gasteiger partial charge on any atom is -0.492 e. The highest BCUT2D eigenvalue weighted by atomic mass is 16.5. The molecule has 1 rings (SSSR count). The first-order valence-corrected chi connectivity index (χ1v) is 5.34. The van der Waals surface area contributed by atoms with E-state index in [4.69, 9.17) is 4.74 Å². The van der Waals surface area contributed by atoms with Crippen LogP contribution in [0.3, 0.4) is 0 Å². The van der Waals surface area contributed by atoms with E-state index in [1.807, 2.05) is 24.3 Å². The van der Waals surface area contributed by atoms with Crippen LogP contribution in [0, 0.1) is 6.92 Å². The molecule has 0 radical (unpaired) electrons.